The van der Waals surface area contributed by atoms with Crippen molar-refractivity contribution >= 4 is 56.3 Å². The molecule has 9 heteroatoms. The van der Waals surface area contributed by atoms with Crippen LogP contribution in [0.3, 0.4) is 0 Å². The Hall–Kier alpha value is -4.50. The highest BCUT2D eigenvalue weighted by Gasteiger charge is 2.21. The van der Waals surface area contributed by atoms with Gasteiger partial charge in [0.25, 0.3) is 0 Å². The molecule has 0 unspecified atom stereocenters. The summed E-state index contributed by atoms with van der Waals surface area (Å²) in [6, 6.07) is 9.89. The second-order valence-electron chi connectivity index (χ2n) is 10.7. The summed E-state index contributed by atoms with van der Waals surface area (Å²) < 4.78 is 0. The largest absolute Gasteiger partial charge is 0.481 e. The van der Waals surface area contributed by atoms with Gasteiger partial charge in [-0.25, -0.2) is 9.97 Å². The van der Waals surface area contributed by atoms with Gasteiger partial charge in [0.15, 0.2) is 0 Å². The monoisotopic (exact) mass is 554 g/mol. The van der Waals surface area contributed by atoms with Crippen molar-refractivity contribution in [1.29, 1.82) is 0 Å². The number of aliphatic hydroxyl groups excluding tert-OH is 1. The van der Waals surface area contributed by atoms with E-state index in [1.807, 2.05) is 52.0 Å². The van der Waals surface area contributed by atoms with Crippen molar-refractivity contribution in [2.45, 2.75) is 59.8 Å². The first-order valence-corrected chi connectivity index (χ1v) is 13.7. The zero-order chi connectivity index (χ0) is 29.4. The van der Waals surface area contributed by atoms with Crippen molar-refractivity contribution in [1.82, 2.24) is 19.9 Å². The molecule has 5 rings (SSSR count). The van der Waals surface area contributed by atoms with E-state index in [1.165, 1.54) is 0 Å². The van der Waals surface area contributed by atoms with Crippen LogP contribution in [-0.4, -0.2) is 53.8 Å². The van der Waals surface area contributed by atoms with Crippen LogP contribution >= 0.6 is 0 Å². The van der Waals surface area contributed by atoms with Crippen LogP contribution in [-0.2, 0) is 16.0 Å². The summed E-state index contributed by atoms with van der Waals surface area (Å²) in [7, 11) is 0. The number of carbonyl (C=O) groups is 2. The van der Waals surface area contributed by atoms with Crippen LogP contribution in [0.25, 0.3) is 44.4 Å². The maximum absolute atomic E-state index is 11.5. The second-order valence-corrected chi connectivity index (χ2v) is 10.7. The molecule has 41 heavy (non-hydrogen) atoms. The quantitative estimate of drug-likeness (QED) is 0.227. The number of fused-ring (bicyclic) bond motifs is 8. The minimum absolute atomic E-state index is 0.0000725. The molecule has 0 atom stereocenters. The van der Waals surface area contributed by atoms with Gasteiger partial charge >= 0.3 is 11.9 Å². The minimum Gasteiger partial charge on any atom is -0.481 e. The van der Waals surface area contributed by atoms with Gasteiger partial charge in [-0.1, -0.05) is 0 Å². The number of H-pyrrole nitrogens is 2. The number of aromatic nitrogens is 4. The SMILES string of the molecule is CC1=C(CCO)c2cc3[nH]c(cc3C)cc3[nH]c(cc4nc(cc1n2)C(C)=C4CCC(=O)O)c(CCC(=O)O)c3C. The summed E-state index contributed by atoms with van der Waals surface area (Å²) in [6.45, 7) is 7.93. The zero-order valence-electron chi connectivity index (χ0n) is 23.7. The fourth-order valence-electron chi connectivity index (χ4n) is 5.64. The number of rotatable bonds is 8. The van der Waals surface area contributed by atoms with Crippen LogP contribution in [0, 0.1) is 13.8 Å². The number of hydrogen-bond donors (Lipinski definition) is 5. The Kier molecular flexibility index (Phi) is 7.64. The number of aliphatic hydroxyl groups is 1. The van der Waals surface area contributed by atoms with Gasteiger partial charge in [0.2, 0.25) is 0 Å². The predicted molar refractivity (Wildman–Crippen MR) is 160 cm³/mol. The van der Waals surface area contributed by atoms with Crippen LogP contribution in [0.1, 0.15) is 79.0 Å². The summed E-state index contributed by atoms with van der Waals surface area (Å²) in [5, 5.41) is 28.6. The van der Waals surface area contributed by atoms with Gasteiger partial charge in [0.1, 0.15) is 0 Å². The topological polar surface area (TPSA) is 152 Å². The Morgan fingerprint density at radius 3 is 1.88 bits per heavy atom. The average molecular weight is 555 g/mol. The van der Waals surface area contributed by atoms with Gasteiger partial charge in [-0.3, -0.25) is 9.59 Å². The van der Waals surface area contributed by atoms with Crippen molar-refractivity contribution in [2.75, 3.05) is 6.61 Å². The lowest BCUT2D eigenvalue weighted by Crippen LogP contribution is -1.98. The predicted octanol–water partition coefficient (Wildman–Crippen LogP) is 6.06. The first kappa shape index (κ1) is 28.0. The van der Waals surface area contributed by atoms with E-state index in [0.717, 1.165) is 72.4 Å². The van der Waals surface area contributed by atoms with E-state index in [2.05, 4.69) is 16.0 Å². The number of carboxylic acids is 2. The van der Waals surface area contributed by atoms with Crippen molar-refractivity contribution < 1.29 is 24.9 Å². The first-order chi connectivity index (χ1) is 19.5. The van der Waals surface area contributed by atoms with Crippen LogP contribution in [0.5, 0.6) is 0 Å². The molecule has 5 N–H and O–H groups in total. The number of aliphatic carboxylic acids is 2. The van der Waals surface area contributed by atoms with Gasteiger partial charge in [-0.05, 0) is 116 Å². The number of aromatic amines is 2. The third kappa shape index (κ3) is 5.58. The highest BCUT2D eigenvalue weighted by molar-refractivity contribution is 5.96. The number of hydrogen-bond acceptors (Lipinski definition) is 5. The molecule has 9 nitrogen and oxygen atoms in total. The van der Waals surface area contributed by atoms with E-state index in [4.69, 9.17) is 9.97 Å². The van der Waals surface area contributed by atoms with Crippen LogP contribution in [0.2, 0.25) is 0 Å². The Bertz CT molecular complexity index is 1810. The van der Waals surface area contributed by atoms with Crippen LogP contribution < -0.4 is 0 Å². The molecular formula is C32H34N4O5. The number of nitrogens with one attached hydrogen (secondary N) is 2. The molecule has 8 bridgehead atoms. The summed E-state index contributed by atoms with van der Waals surface area (Å²) >= 11 is 0. The second kappa shape index (κ2) is 11.2. The lowest BCUT2D eigenvalue weighted by atomic mass is 9.99. The molecule has 0 fully saturated rings. The highest BCUT2D eigenvalue weighted by Crippen LogP contribution is 2.37. The molecule has 0 saturated heterocycles. The van der Waals surface area contributed by atoms with Crippen molar-refractivity contribution in [3.63, 3.8) is 0 Å². The third-order valence-electron chi connectivity index (χ3n) is 7.98. The first-order valence-electron chi connectivity index (χ1n) is 13.7. The highest BCUT2D eigenvalue weighted by atomic mass is 16.4. The van der Waals surface area contributed by atoms with E-state index in [9.17, 15) is 24.9 Å². The maximum atomic E-state index is 11.5. The van der Waals surface area contributed by atoms with Gasteiger partial charge in [0.05, 0.1) is 22.8 Å². The molecule has 2 aliphatic heterocycles. The molecule has 3 aromatic heterocycles. The van der Waals surface area contributed by atoms with Gasteiger partial charge in [-0.2, -0.15) is 0 Å². The number of aryl methyl sites for hydroxylation is 3. The summed E-state index contributed by atoms with van der Waals surface area (Å²) in [5.74, 6) is -1.77. The van der Waals surface area contributed by atoms with E-state index in [-0.39, 0.29) is 19.4 Å². The molecular weight excluding hydrogens is 520 g/mol. The average Bonchev–Trinajstić information content (AvgIpc) is 3.58. The molecule has 0 aliphatic carbocycles. The van der Waals surface area contributed by atoms with Crippen molar-refractivity contribution in [3.05, 3.63) is 69.8 Å². The van der Waals surface area contributed by atoms with Gasteiger partial charge in [0, 0.05) is 41.5 Å². The van der Waals surface area contributed by atoms with Gasteiger partial charge in [-0.15, -0.1) is 0 Å². The van der Waals surface area contributed by atoms with Gasteiger partial charge < -0.3 is 25.3 Å². The molecule has 0 amide bonds. The molecule has 0 radical (unpaired) electrons. The molecule has 212 valence electrons. The number of nitrogens with zero attached hydrogens (tertiary/aromatic N) is 2. The van der Waals surface area contributed by atoms with E-state index < -0.39 is 11.9 Å². The van der Waals surface area contributed by atoms with Crippen molar-refractivity contribution in [3.8, 4) is 0 Å². The van der Waals surface area contributed by atoms with Crippen molar-refractivity contribution in [2.24, 2.45) is 0 Å². The standard InChI is InChI=1S/C32H34N4O5/c1-16-11-20-12-25-17(2)21(5-7-31(38)39)29(34-25)15-30-22(6-8-32(40)41)18(3)26(36-30)14-27-19(4)23(9-10-37)28(35-27)13-24(16)33-20/h11-15,33-34,37H,5-10H2,1-4H3,(H,38,39)(H,40,41). The lowest BCUT2D eigenvalue weighted by Gasteiger charge is -2.03. The Labute approximate surface area is 237 Å². The lowest BCUT2D eigenvalue weighted by molar-refractivity contribution is -0.137. The summed E-state index contributed by atoms with van der Waals surface area (Å²) in [5.41, 5.74) is 12.8. The molecule has 0 aromatic carbocycles. The van der Waals surface area contributed by atoms with E-state index >= 15 is 0 Å². The maximum Gasteiger partial charge on any atom is 0.303 e. The van der Waals surface area contributed by atoms with Crippen LogP contribution in [0.4, 0.5) is 0 Å². The zero-order valence-corrected chi connectivity index (χ0v) is 23.7. The fourth-order valence-corrected chi connectivity index (χ4v) is 5.64. The molecule has 0 spiro atoms. The summed E-state index contributed by atoms with van der Waals surface area (Å²) in [6.07, 6.45) is 1.07. The Morgan fingerprint density at radius 1 is 0.683 bits per heavy atom. The minimum atomic E-state index is -0.891. The number of carboxylic acid groups (broad SMARTS) is 2. The molecule has 0 saturated carbocycles. The van der Waals surface area contributed by atoms with E-state index in [1.54, 1.807) is 0 Å². The normalized spacial score (nSPS) is 13.3. The molecule has 3 aromatic rings. The number of allylic oxidation sites excluding steroid dienone is 3. The fraction of sp³-hybridized carbons (Fsp3) is 0.312. The summed E-state index contributed by atoms with van der Waals surface area (Å²) in [4.78, 5) is 39.8. The smallest absolute Gasteiger partial charge is 0.303 e. The van der Waals surface area contributed by atoms with E-state index in [0.29, 0.717) is 30.7 Å². The Balaban J connectivity index is 1.88. The third-order valence-corrected chi connectivity index (χ3v) is 7.98. The van der Waals surface area contributed by atoms with Crippen LogP contribution in [0.15, 0.2) is 30.3 Å². The molecule has 5 heterocycles. The molecule has 2 aliphatic rings. The Morgan fingerprint density at radius 2 is 1.27 bits per heavy atom.